The zero-order valence-corrected chi connectivity index (χ0v) is 27.0. The first-order valence-corrected chi connectivity index (χ1v) is 17.9. The number of nitrogens with zero attached hydrogens (tertiary/aromatic N) is 1. The summed E-state index contributed by atoms with van der Waals surface area (Å²) in [5.41, 5.74) is 13.9. The van der Waals surface area contributed by atoms with E-state index < -0.39 is 0 Å². The van der Waals surface area contributed by atoms with Gasteiger partial charge >= 0.3 is 0 Å². The smallest absolute Gasteiger partial charge is 0.159 e. The predicted molar refractivity (Wildman–Crippen MR) is 197 cm³/mol. The molecule has 4 saturated carbocycles. The van der Waals surface area contributed by atoms with Crippen molar-refractivity contribution in [1.82, 2.24) is 0 Å². The number of hydrogen-bond donors (Lipinski definition) is 0. The Balaban J connectivity index is 1.18. The van der Waals surface area contributed by atoms with E-state index >= 15 is 0 Å². The Morgan fingerprint density at radius 1 is 0.500 bits per heavy atom. The summed E-state index contributed by atoms with van der Waals surface area (Å²) in [7, 11) is 0. The van der Waals surface area contributed by atoms with Crippen LogP contribution in [-0.4, -0.2) is 0 Å². The van der Waals surface area contributed by atoms with E-state index in [1.165, 1.54) is 60.0 Å². The number of hydrogen-bond acceptors (Lipinski definition) is 2. The minimum atomic E-state index is 0.115. The summed E-state index contributed by atoms with van der Waals surface area (Å²) in [6.45, 7) is 0. The Morgan fingerprint density at radius 2 is 1.12 bits per heavy atom. The molecule has 48 heavy (non-hydrogen) atoms. The van der Waals surface area contributed by atoms with Crippen molar-refractivity contribution < 1.29 is 4.42 Å². The fraction of sp³-hybridized carbons (Fsp3) is 0.217. The summed E-state index contributed by atoms with van der Waals surface area (Å²) in [5.74, 6) is 3.29. The summed E-state index contributed by atoms with van der Waals surface area (Å²) < 4.78 is 6.73. The number of benzene rings is 6. The highest BCUT2D eigenvalue weighted by atomic mass is 16.3. The lowest BCUT2D eigenvalue weighted by Crippen LogP contribution is -2.55. The molecule has 1 spiro atoms. The van der Waals surface area contributed by atoms with Gasteiger partial charge in [0, 0.05) is 27.4 Å². The van der Waals surface area contributed by atoms with Crippen LogP contribution in [0.25, 0.3) is 44.2 Å². The highest BCUT2D eigenvalue weighted by Gasteiger charge is 2.61. The lowest BCUT2D eigenvalue weighted by molar-refractivity contribution is -0.0399. The molecule has 0 amide bonds. The predicted octanol–water partition coefficient (Wildman–Crippen LogP) is 12.4. The molecule has 0 saturated heterocycles. The Bertz CT molecular complexity index is 2340. The minimum absolute atomic E-state index is 0.115. The van der Waals surface area contributed by atoms with Crippen LogP contribution >= 0.6 is 0 Å². The second kappa shape index (κ2) is 9.97. The van der Waals surface area contributed by atoms with Crippen molar-refractivity contribution in [3.8, 4) is 22.3 Å². The van der Waals surface area contributed by atoms with Gasteiger partial charge in [0.2, 0.25) is 0 Å². The Morgan fingerprint density at radius 3 is 1.94 bits per heavy atom. The standard InChI is InChI=1S/C46H37NO/c1-2-10-31(11-3-1)32-20-22-35(23-21-32)47(42-18-8-14-37-36-12-5-7-19-43(36)48-45(37)42)41-17-9-16-40-44(41)38-13-4-6-15-39(38)46(40)33-25-29-24-30(27-33)28-34(46)26-29/h1-23,29-30,33-34H,24-28H2. The van der Waals surface area contributed by atoms with Crippen molar-refractivity contribution in [1.29, 1.82) is 0 Å². The molecule has 1 heterocycles. The molecule has 5 aliphatic carbocycles. The van der Waals surface area contributed by atoms with Gasteiger partial charge in [-0.1, -0.05) is 109 Å². The maximum Gasteiger partial charge on any atom is 0.159 e. The molecule has 232 valence electrons. The topological polar surface area (TPSA) is 16.4 Å². The minimum Gasteiger partial charge on any atom is -0.454 e. The molecular weight excluding hydrogens is 583 g/mol. The van der Waals surface area contributed by atoms with E-state index in [4.69, 9.17) is 4.42 Å². The third kappa shape index (κ3) is 3.58. The van der Waals surface area contributed by atoms with Gasteiger partial charge in [-0.25, -0.2) is 0 Å². The molecule has 1 aromatic heterocycles. The molecule has 0 unspecified atom stereocenters. The van der Waals surface area contributed by atoms with Crippen LogP contribution in [0.3, 0.4) is 0 Å². The molecule has 5 aliphatic rings. The summed E-state index contributed by atoms with van der Waals surface area (Å²) in [4.78, 5) is 2.49. The average molecular weight is 620 g/mol. The fourth-order valence-electron chi connectivity index (χ4n) is 11.1. The molecule has 6 aromatic carbocycles. The maximum absolute atomic E-state index is 6.73. The molecule has 4 bridgehead atoms. The first kappa shape index (κ1) is 26.9. The van der Waals surface area contributed by atoms with E-state index in [-0.39, 0.29) is 5.41 Å². The summed E-state index contributed by atoms with van der Waals surface area (Å²) >= 11 is 0. The van der Waals surface area contributed by atoms with Gasteiger partial charge in [0.1, 0.15) is 5.58 Å². The van der Waals surface area contributed by atoms with Crippen LogP contribution in [-0.2, 0) is 5.41 Å². The largest absolute Gasteiger partial charge is 0.454 e. The van der Waals surface area contributed by atoms with Gasteiger partial charge in [0.25, 0.3) is 0 Å². The van der Waals surface area contributed by atoms with Gasteiger partial charge in [-0.3, -0.25) is 0 Å². The first-order chi connectivity index (χ1) is 23.8. The zero-order valence-electron chi connectivity index (χ0n) is 27.0. The molecule has 7 aromatic rings. The normalized spacial score (nSPS) is 24.8. The van der Waals surface area contributed by atoms with Crippen LogP contribution in [0.4, 0.5) is 17.1 Å². The van der Waals surface area contributed by atoms with Crippen LogP contribution in [0.5, 0.6) is 0 Å². The lowest BCUT2D eigenvalue weighted by atomic mass is 9.43. The van der Waals surface area contributed by atoms with Crippen molar-refractivity contribution in [3.63, 3.8) is 0 Å². The Labute approximate surface area is 281 Å². The zero-order chi connectivity index (χ0) is 31.4. The van der Waals surface area contributed by atoms with E-state index in [0.29, 0.717) is 0 Å². The molecular formula is C46H37NO. The number of para-hydroxylation sites is 2. The molecule has 0 N–H and O–H groups in total. The highest BCUT2D eigenvalue weighted by molar-refractivity contribution is 6.11. The summed E-state index contributed by atoms with van der Waals surface area (Å²) in [6, 6.07) is 51.6. The van der Waals surface area contributed by atoms with E-state index in [1.807, 2.05) is 0 Å². The quantitative estimate of drug-likeness (QED) is 0.195. The van der Waals surface area contributed by atoms with Gasteiger partial charge in [0.15, 0.2) is 5.58 Å². The lowest BCUT2D eigenvalue weighted by Gasteiger charge is -2.61. The van der Waals surface area contributed by atoms with Gasteiger partial charge in [-0.2, -0.15) is 0 Å². The number of fused-ring (bicyclic) bond motifs is 6. The van der Waals surface area contributed by atoms with Gasteiger partial charge < -0.3 is 9.32 Å². The van der Waals surface area contributed by atoms with Crippen molar-refractivity contribution in [2.75, 3.05) is 4.90 Å². The van der Waals surface area contributed by atoms with E-state index in [2.05, 4.69) is 144 Å². The third-order valence-electron chi connectivity index (χ3n) is 12.7. The molecule has 12 rings (SSSR count). The molecule has 0 aliphatic heterocycles. The SMILES string of the molecule is c1ccc(-c2ccc(N(c3cccc4c3-c3ccccc3C43C4CC5CC(C4)CC3C5)c3cccc4c3oc3ccccc34)cc2)cc1. The van der Waals surface area contributed by atoms with Gasteiger partial charge in [-0.05, 0) is 114 Å². The van der Waals surface area contributed by atoms with Crippen LogP contribution in [0.15, 0.2) is 144 Å². The number of rotatable bonds is 4. The number of anilines is 3. The molecule has 4 fully saturated rings. The molecule has 0 atom stereocenters. The monoisotopic (exact) mass is 619 g/mol. The van der Waals surface area contributed by atoms with Crippen LogP contribution in [0.2, 0.25) is 0 Å². The van der Waals surface area contributed by atoms with E-state index in [1.54, 1.807) is 11.1 Å². The summed E-state index contributed by atoms with van der Waals surface area (Å²) in [5, 5.41) is 2.31. The highest BCUT2D eigenvalue weighted by Crippen LogP contribution is 2.70. The molecule has 2 nitrogen and oxygen atoms in total. The van der Waals surface area contributed by atoms with Gasteiger partial charge in [-0.15, -0.1) is 0 Å². The van der Waals surface area contributed by atoms with Crippen molar-refractivity contribution >= 4 is 39.0 Å². The Kier molecular flexibility index (Phi) is 5.59. The second-order valence-corrected chi connectivity index (χ2v) is 14.9. The summed E-state index contributed by atoms with van der Waals surface area (Å²) in [6.07, 6.45) is 7.00. The van der Waals surface area contributed by atoms with Crippen molar-refractivity contribution in [2.24, 2.45) is 23.7 Å². The Hall–Kier alpha value is -5.08. The van der Waals surface area contributed by atoms with Gasteiger partial charge in [0.05, 0.1) is 11.4 Å². The fourth-order valence-corrected chi connectivity index (χ4v) is 11.1. The van der Waals surface area contributed by atoms with Crippen LogP contribution in [0.1, 0.15) is 43.2 Å². The van der Waals surface area contributed by atoms with Crippen LogP contribution < -0.4 is 4.90 Å². The first-order valence-electron chi connectivity index (χ1n) is 17.9. The van der Waals surface area contributed by atoms with Crippen molar-refractivity contribution in [3.05, 3.63) is 151 Å². The van der Waals surface area contributed by atoms with E-state index in [9.17, 15) is 0 Å². The number of furan rings is 1. The molecule has 2 heteroatoms. The average Bonchev–Trinajstić information content (AvgIpc) is 3.66. The van der Waals surface area contributed by atoms with Crippen LogP contribution in [0, 0.1) is 23.7 Å². The second-order valence-electron chi connectivity index (χ2n) is 14.9. The maximum atomic E-state index is 6.73. The molecule has 0 radical (unpaired) electrons. The van der Waals surface area contributed by atoms with E-state index in [0.717, 1.165) is 57.0 Å². The third-order valence-corrected chi connectivity index (χ3v) is 12.7. The van der Waals surface area contributed by atoms with Crippen molar-refractivity contribution in [2.45, 2.75) is 37.5 Å².